The van der Waals surface area contributed by atoms with E-state index in [1.165, 1.54) is 43.5 Å². The summed E-state index contributed by atoms with van der Waals surface area (Å²) >= 11 is 0. The molecule has 0 radical (unpaired) electrons. The molecule has 2 aromatic carbocycles. The number of guanidine groups is 1. The Morgan fingerprint density at radius 1 is 1.00 bits per heavy atom. The topological polar surface area (TPSA) is 60.0 Å². The Kier molecular flexibility index (Phi) is 11.7. The van der Waals surface area contributed by atoms with Crippen molar-refractivity contribution >= 4 is 35.8 Å². The van der Waals surface area contributed by atoms with Crippen molar-refractivity contribution < 1.29 is 4.79 Å². The van der Waals surface area contributed by atoms with Gasteiger partial charge in [-0.3, -0.25) is 9.69 Å². The lowest BCUT2D eigenvalue weighted by atomic mass is 10.1. The molecule has 0 spiro atoms. The van der Waals surface area contributed by atoms with Crippen LogP contribution in [0.25, 0.3) is 0 Å². The highest BCUT2D eigenvalue weighted by Crippen LogP contribution is 2.14. The lowest BCUT2D eigenvalue weighted by Gasteiger charge is -2.26. The second-order valence-electron chi connectivity index (χ2n) is 8.74. The third kappa shape index (κ3) is 9.33. The van der Waals surface area contributed by atoms with Crippen LogP contribution >= 0.6 is 24.0 Å². The summed E-state index contributed by atoms with van der Waals surface area (Å²) in [6.45, 7) is 6.29. The van der Waals surface area contributed by atoms with Crippen LogP contribution in [0, 0.1) is 0 Å². The van der Waals surface area contributed by atoms with E-state index in [0.717, 1.165) is 12.1 Å². The van der Waals surface area contributed by atoms with E-state index in [1.54, 1.807) is 19.0 Å². The number of hydrogen-bond donors (Lipinski definition) is 2. The molecule has 1 amide bonds. The summed E-state index contributed by atoms with van der Waals surface area (Å²) in [5, 5.41) is 6.60. The maximum atomic E-state index is 12.1. The van der Waals surface area contributed by atoms with Gasteiger partial charge in [0.25, 0.3) is 0 Å². The van der Waals surface area contributed by atoms with E-state index in [2.05, 4.69) is 58.9 Å². The number of likely N-dealkylation sites (tertiary alicyclic amines) is 1. The van der Waals surface area contributed by atoms with Crippen molar-refractivity contribution in [3.8, 4) is 0 Å². The van der Waals surface area contributed by atoms with E-state index >= 15 is 0 Å². The first-order chi connectivity index (χ1) is 15.5. The number of benzene rings is 2. The van der Waals surface area contributed by atoms with E-state index in [9.17, 15) is 4.79 Å². The zero-order valence-electron chi connectivity index (χ0n) is 20.1. The van der Waals surface area contributed by atoms with Crippen LogP contribution in [0.3, 0.4) is 0 Å². The first kappa shape index (κ1) is 27.1. The number of amides is 1. The van der Waals surface area contributed by atoms with E-state index in [0.29, 0.717) is 12.5 Å². The highest BCUT2D eigenvalue weighted by Gasteiger charge is 2.12. The molecule has 33 heavy (non-hydrogen) atoms. The molecule has 1 unspecified atom stereocenters. The fourth-order valence-corrected chi connectivity index (χ4v) is 3.80. The smallest absolute Gasteiger partial charge is 0.241 e. The minimum Gasteiger partial charge on any atom is -0.350 e. The molecule has 1 atom stereocenters. The van der Waals surface area contributed by atoms with Gasteiger partial charge in [-0.05, 0) is 49.5 Å². The number of nitrogens with one attached hydrogen (secondary N) is 2. The van der Waals surface area contributed by atoms with Crippen LogP contribution in [-0.4, -0.2) is 55.4 Å². The van der Waals surface area contributed by atoms with Crippen LogP contribution in [0.2, 0.25) is 0 Å². The number of piperidine rings is 1. The molecule has 6 nitrogen and oxygen atoms in total. The Hall–Kier alpha value is -2.13. The van der Waals surface area contributed by atoms with E-state index < -0.39 is 0 Å². The molecule has 1 aliphatic heterocycles. The van der Waals surface area contributed by atoms with Gasteiger partial charge in [0, 0.05) is 20.6 Å². The largest absolute Gasteiger partial charge is 0.350 e. The van der Waals surface area contributed by atoms with E-state index in [-0.39, 0.29) is 42.5 Å². The number of carbonyl (C=O) groups is 1. The van der Waals surface area contributed by atoms with Crippen LogP contribution in [0.5, 0.6) is 0 Å². The second kappa shape index (κ2) is 14.2. The Morgan fingerprint density at radius 3 is 2.27 bits per heavy atom. The molecule has 7 heteroatoms. The first-order valence-corrected chi connectivity index (χ1v) is 11.6. The number of rotatable bonds is 8. The molecule has 2 aromatic rings. The number of carbonyl (C=O) groups excluding carboxylic acids is 1. The molecule has 1 fully saturated rings. The maximum Gasteiger partial charge on any atom is 0.241 e. The minimum absolute atomic E-state index is 0. The number of likely N-dealkylation sites (N-methyl/N-ethyl adjacent to an activating group) is 1. The predicted molar refractivity (Wildman–Crippen MR) is 147 cm³/mol. The van der Waals surface area contributed by atoms with Crippen molar-refractivity contribution in [3.63, 3.8) is 0 Å². The van der Waals surface area contributed by atoms with Crippen molar-refractivity contribution in [2.45, 2.75) is 45.3 Å². The quantitative estimate of drug-likeness (QED) is 0.288. The monoisotopic (exact) mass is 563 g/mol. The molecule has 2 N–H and O–H groups in total. The Bertz CT molecular complexity index is 864. The number of aliphatic imine (C=N–C) groups is 1. The summed E-state index contributed by atoms with van der Waals surface area (Å²) in [6, 6.07) is 19.0. The SMILES string of the molecule is CC(NC(=NCc1ccc(CN2CCCCC2)cc1)NCC(=O)N(C)C)c1ccccc1.I. The molecule has 0 bridgehead atoms. The van der Waals surface area contributed by atoms with Crippen molar-refractivity contribution in [1.82, 2.24) is 20.4 Å². The van der Waals surface area contributed by atoms with Crippen LogP contribution < -0.4 is 10.6 Å². The van der Waals surface area contributed by atoms with Gasteiger partial charge >= 0.3 is 0 Å². The van der Waals surface area contributed by atoms with Gasteiger partial charge in [-0.25, -0.2) is 4.99 Å². The van der Waals surface area contributed by atoms with Gasteiger partial charge in [0.2, 0.25) is 5.91 Å². The highest BCUT2D eigenvalue weighted by molar-refractivity contribution is 14.0. The zero-order chi connectivity index (χ0) is 22.8. The van der Waals surface area contributed by atoms with Gasteiger partial charge < -0.3 is 15.5 Å². The molecule has 1 aliphatic rings. The molecular weight excluding hydrogens is 525 g/mol. The molecule has 3 rings (SSSR count). The van der Waals surface area contributed by atoms with Gasteiger partial charge in [0.15, 0.2) is 5.96 Å². The maximum absolute atomic E-state index is 12.1. The van der Waals surface area contributed by atoms with Crippen molar-refractivity contribution in [3.05, 3.63) is 71.3 Å². The average molecular weight is 564 g/mol. The van der Waals surface area contributed by atoms with Crippen molar-refractivity contribution in [2.24, 2.45) is 4.99 Å². The van der Waals surface area contributed by atoms with Crippen LogP contribution in [-0.2, 0) is 17.9 Å². The fraction of sp³-hybridized carbons (Fsp3) is 0.462. The first-order valence-electron chi connectivity index (χ1n) is 11.6. The zero-order valence-corrected chi connectivity index (χ0v) is 22.4. The van der Waals surface area contributed by atoms with Gasteiger partial charge in [0.05, 0.1) is 19.1 Å². The number of hydrogen-bond acceptors (Lipinski definition) is 3. The summed E-state index contributed by atoms with van der Waals surface area (Å²) in [5.74, 6) is 0.642. The summed E-state index contributed by atoms with van der Waals surface area (Å²) in [7, 11) is 3.51. The highest BCUT2D eigenvalue weighted by atomic mass is 127. The van der Waals surface area contributed by atoms with Gasteiger partial charge in [-0.1, -0.05) is 61.0 Å². The van der Waals surface area contributed by atoms with Crippen molar-refractivity contribution in [1.29, 1.82) is 0 Å². The van der Waals surface area contributed by atoms with Crippen LogP contribution in [0.15, 0.2) is 59.6 Å². The standard InChI is InChI=1S/C26H37N5O.HI/c1-21(24-10-6-4-7-11-24)29-26(28-19-25(32)30(2)3)27-18-22-12-14-23(15-13-22)20-31-16-8-5-9-17-31;/h4,6-7,10-15,21H,5,8-9,16-20H2,1-3H3,(H2,27,28,29);1H. The number of halogens is 1. The minimum atomic E-state index is 0. The second-order valence-corrected chi connectivity index (χ2v) is 8.74. The normalized spacial score (nSPS) is 15.3. The lowest BCUT2D eigenvalue weighted by molar-refractivity contribution is -0.127. The fourth-order valence-electron chi connectivity index (χ4n) is 3.80. The lowest BCUT2D eigenvalue weighted by Crippen LogP contribution is -2.43. The summed E-state index contributed by atoms with van der Waals surface area (Å²) in [6.07, 6.45) is 3.99. The Morgan fingerprint density at radius 2 is 1.64 bits per heavy atom. The molecular formula is C26H38IN5O. The summed E-state index contributed by atoms with van der Waals surface area (Å²) < 4.78 is 0. The third-order valence-electron chi connectivity index (χ3n) is 5.86. The van der Waals surface area contributed by atoms with Crippen molar-refractivity contribution in [2.75, 3.05) is 33.7 Å². The molecule has 0 aliphatic carbocycles. The predicted octanol–water partition coefficient (Wildman–Crippen LogP) is 4.18. The Balaban J connectivity index is 0.00000385. The molecule has 0 saturated carbocycles. The number of nitrogens with zero attached hydrogens (tertiary/aromatic N) is 3. The summed E-state index contributed by atoms with van der Waals surface area (Å²) in [5.41, 5.74) is 3.67. The van der Waals surface area contributed by atoms with Gasteiger partial charge in [-0.2, -0.15) is 0 Å². The molecule has 180 valence electrons. The average Bonchev–Trinajstić information content (AvgIpc) is 2.82. The van der Waals surface area contributed by atoms with Crippen LogP contribution in [0.4, 0.5) is 0 Å². The van der Waals surface area contributed by atoms with E-state index in [1.807, 2.05) is 18.2 Å². The van der Waals surface area contributed by atoms with Gasteiger partial charge in [0.1, 0.15) is 0 Å². The van der Waals surface area contributed by atoms with E-state index in [4.69, 9.17) is 4.99 Å². The Labute approximate surface area is 215 Å². The molecule has 1 saturated heterocycles. The van der Waals surface area contributed by atoms with Crippen LogP contribution in [0.1, 0.15) is 48.9 Å². The third-order valence-corrected chi connectivity index (χ3v) is 5.86. The summed E-state index contributed by atoms with van der Waals surface area (Å²) in [4.78, 5) is 20.9. The molecule has 1 heterocycles. The van der Waals surface area contributed by atoms with Gasteiger partial charge in [-0.15, -0.1) is 24.0 Å². The molecule has 0 aromatic heterocycles.